The molecule has 5 nitrogen and oxygen atoms in total. The van der Waals surface area contributed by atoms with Crippen molar-refractivity contribution in [2.24, 2.45) is 0 Å². The highest BCUT2D eigenvalue weighted by molar-refractivity contribution is 7.13. The van der Waals surface area contributed by atoms with Gasteiger partial charge in [0, 0.05) is 0 Å². The predicted molar refractivity (Wildman–Crippen MR) is 61.3 cm³/mol. The van der Waals surface area contributed by atoms with Gasteiger partial charge in [-0.05, 0) is 23.4 Å². The van der Waals surface area contributed by atoms with Crippen molar-refractivity contribution in [2.75, 3.05) is 11.5 Å². The van der Waals surface area contributed by atoms with Gasteiger partial charge in [0.15, 0.2) is 5.82 Å². The van der Waals surface area contributed by atoms with E-state index in [4.69, 9.17) is 11.5 Å². The van der Waals surface area contributed by atoms with Crippen molar-refractivity contribution in [3.8, 4) is 10.7 Å². The number of aromatic nitrogens is 3. The van der Waals surface area contributed by atoms with Crippen molar-refractivity contribution in [3.05, 3.63) is 17.0 Å². The van der Waals surface area contributed by atoms with E-state index in [0.717, 1.165) is 11.3 Å². The van der Waals surface area contributed by atoms with Crippen molar-refractivity contribution >= 4 is 23.2 Å². The molecule has 0 atom stereocenters. The maximum atomic E-state index is 5.52. The van der Waals surface area contributed by atoms with Crippen molar-refractivity contribution in [3.63, 3.8) is 0 Å². The highest BCUT2D eigenvalue weighted by Crippen LogP contribution is 2.27. The zero-order valence-electron chi connectivity index (χ0n) is 8.27. The Morgan fingerprint density at radius 2 is 1.87 bits per heavy atom. The number of nitrogens with two attached hydrogens (primary N) is 2. The van der Waals surface area contributed by atoms with E-state index in [9.17, 15) is 0 Å². The summed E-state index contributed by atoms with van der Waals surface area (Å²) in [7, 11) is 0. The topological polar surface area (TPSA) is 90.7 Å². The third-order valence-corrected chi connectivity index (χ3v) is 2.95. The fraction of sp³-hybridized carbons (Fsp3) is 0.222. The van der Waals surface area contributed by atoms with Gasteiger partial charge < -0.3 is 11.5 Å². The first-order valence-electron chi connectivity index (χ1n) is 4.54. The van der Waals surface area contributed by atoms with Crippen LogP contribution in [-0.4, -0.2) is 15.0 Å². The zero-order chi connectivity index (χ0) is 10.8. The summed E-state index contributed by atoms with van der Waals surface area (Å²) >= 11 is 1.58. The lowest BCUT2D eigenvalue weighted by molar-refractivity contribution is 1.08. The number of nitrogen functional groups attached to an aromatic ring is 2. The Labute approximate surface area is 91.2 Å². The second-order valence-electron chi connectivity index (χ2n) is 3.00. The van der Waals surface area contributed by atoms with E-state index in [-0.39, 0.29) is 11.9 Å². The van der Waals surface area contributed by atoms with Gasteiger partial charge in [0.05, 0.1) is 4.88 Å². The molecule has 0 unspecified atom stereocenters. The van der Waals surface area contributed by atoms with Crippen LogP contribution in [0.2, 0.25) is 0 Å². The maximum Gasteiger partial charge on any atom is 0.225 e. The van der Waals surface area contributed by atoms with Crippen LogP contribution in [0.4, 0.5) is 11.9 Å². The van der Waals surface area contributed by atoms with Crippen molar-refractivity contribution in [1.82, 2.24) is 15.0 Å². The molecule has 2 rings (SSSR count). The van der Waals surface area contributed by atoms with E-state index in [1.54, 1.807) is 11.3 Å². The Balaban J connectivity index is 2.53. The maximum absolute atomic E-state index is 5.52. The first-order valence-corrected chi connectivity index (χ1v) is 5.42. The van der Waals surface area contributed by atoms with Gasteiger partial charge in [0.25, 0.3) is 0 Å². The predicted octanol–water partition coefficient (Wildman–Crippen LogP) is 1.33. The largest absolute Gasteiger partial charge is 0.368 e. The van der Waals surface area contributed by atoms with Gasteiger partial charge in [0.1, 0.15) is 0 Å². The number of nitrogens with zero attached hydrogens (tertiary/aromatic N) is 3. The quantitative estimate of drug-likeness (QED) is 0.798. The van der Waals surface area contributed by atoms with Gasteiger partial charge in [-0.15, -0.1) is 11.3 Å². The van der Waals surface area contributed by atoms with E-state index < -0.39 is 0 Å². The van der Waals surface area contributed by atoms with Crippen molar-refractivity contribution in [1.29, 1.82) is 0 Å². The second-order valence-corrected chi connectivity index (χ2v) is 3.92. The van der Waals surface area contributed by atoms with Crippen LogP contribution < -0.4 is 11.5 Å². The lowest BCUT2D eigenvalue weighted by atomic mass is 10.2. The number of aryl methyl sites for hydroxylation is 1. The highest BCUT2D eigenvalue weighted by Gasteiger charge is 2.10. The van der Waals surface area contributed by atoms with Crippen LogP contribution >= 0.6 is 11.3 Å². The van der Waals surface area contributed by atoms with E-state index in [1.807, 2.05) is 5.38 Å². The first kappa shape index (κ1) is 9.85. The zero-order valence-corrected chi connectivity index (χ0v) is 9.08. The fourth-order valence-corrected chi connectivity index (χ4v) is 2.25. The van der Waals surface area contributed by atoms with Gasteiger partial charge >= 0.3 is 0 Å². The molecule has 0 aliphatic carbocycles. The average molecular weight is 221 g/mol. The molecule has 2 aromatic rings. The molecule has 4 N–H and O–H groups in total. The summed E-state index contributed by atoms with van der Waals surface area (Å²) in [5.41, 5.74) is 12.2. The van der Waals surface area contributed by atoms with E-state index >= 15 is 0 Å². The van der Waals surface area contributed by atoms with Crippen molar-refractivity contribution < 1.29 is 0 Å². The third-order valence-electron chi connectivity index (χ3n) is 2.00. The number of anilines is 2. The lowest BCUT2D eigenvalue weighted by Gasteiger charge is -2.01. The molecule has 15 heavy (non-hydrogen) atoms. The van der Waals surface area contributed by atoms with Gasteiger partial charge in [0.2, 0.25) is 11.9 Å². The molecule has 0 fully saturated rings. The lowest BCUT2D eigenvalue weighted by Crippen LogP contribution is -2.04. The minimum absolute atomic E-state index is 0.160. The monoisotopic (exact) mass is 221 g/mol. The number of thiophene rings is 1. The fourth-order valence-electron chi connectivity index (χ4n) is 1.32. The number of hydrogen-bond donors (Lipinski definition) is 2. The SMILES string of the molecule is CCc1ccsc1-c1nc(N)nc(N)n1. The minimum Gasteiger partial charge on any atom is -0.368 e. The molecule has 0 aromatic carbocycles. The van der Waals surface area contributed by atoms with Gasteiger partial charge in [-0.2, -0.15) is 15.0 Å². The van der Waals surface area contributed by atoms with E-state index in [1.165, 1.54) is 5.56 Å². The third kappa shape index (κ3) is 1.89. The average Bonchev–Trinajstić information content (AvgIpc) is 2.63. The standard InChI is InChI=1S/C9H11N5S/c1-2-5-3-4-15-6(5)7-12-8(10)14-9(11)13-7/h3-4H,2H2,1H3,(H4,10,11,12,13,14). The summed E-state index contributed by atoms with van der Waals surface area (Å²) in [6.07, 6.45) is 0.935. The summed E-state index contributed by atoms with van der Waals surface area (Å²) in [5.74, 6) is 0.882. The Bertz CT molecular complexity index is 459. The normalized spacial score (nSPS) is 10.5. The molecule has 0 amide bonds. The molecule has 0 aliphatic rings. The van der Waals surface area contributed by atoms with Gasteiger partial charge in [-0.3, -0.25) is 0 Å². The van der Waals surface area contributed by atoms with E-state index in [0.29, 0.717) is 5.82 Å². The molecular weight excluding hydrogens is 210 g/mol. The molecule has 0 aliphatic heterocycles. The van der Waals surface area contributed by atoms with Gasteiger partial charge in [-0.1, -0.05) is 6.92 Å². The summed E-state index contributed by atoms with van der Waals surface area (Å²) in [6.45, 7) is 2.08. The number of hydrogen-bond acceptors (Lipinski definition) is 6. The van der Waals surface area contributed by atoms with Gasteiger partial charge in [-0.25, -0.2) is 0 Å². The van der Waals surface area contributed by atoms with Crippen LogP contribution in [0.1, 0.15) is 12.5 Å². The van der Waals surface area contributed by atoms with Crippen LogP contribution in [0.15, 0.2) is 11.4 Å². The van der Waals surface area contributed by atoms with Crippen LogP contribution in [0.3, 0.4) is 0 Å². The minimum atomic E-state index is 0.160. The molecule has 6 heteroatoms. The highest BCUT2D eigenvalue weighted by atomic mass is 32.1. The molecule has 0 saturated carbocycles. The van der Waals surface area contributed by atoms with E-state index in [2.05, 4.69) is 27.9 Å². The summed E-state index contributed by atoms with van der Waals surface area (Å²) in [5, 5.41) is 2.00. The Hall–Kier alpha value is -1.69. The molecule has 0 bridgehead atoms. The smallest absolute Gasteiger partial charge is 0.225 e. The molecule has 2 aromatic heterocycles. The summed E-state index contributed by atoms with van der Waals surface area (Å²) < 4.78 is 0. The Kier molecular flexibility index (Phi) is 2.51. The molecule has 0 saturated heterocycles. The van der Waals surface area contributed by atoms with Crippen LogP contribution in [0.5, 0.6) is 0 Å². The first-order chi connectivity index (χ1) is 7.20. The van der Waals surface area contributed by atoms with Crippen LogP contribution in [-0.2, 0) is 6.42 Å². The second kappa shape index (κ2) is 3.82. The molecule has 0 spiro atoms. The molecule has 78 valence electrons. The molecular formula is C9H11N5S. The summed E-state index contributed by atoms with van der Waals surface area (Å²) in [4.78, 5) is 12.9. The van der Waals surface area contributed by atoms with Crippen LogP contribution in [0.25, 0.3) is 10.7 Å². The molecule has 2 heterocycles. The van der Waals surface area contributed by atoms with Crippen molar-refractivity contribution in [2.45, 2.75) is 13.3 Å². The molecule has 0 radical (unpaired) electrons. The summed E-state index contributed by atoms with van der Waals surface area (Å²) in [6, 6.07) is 2.05. The number of rotatable bonds is 2. The Morgan fingerprint density at radius 1 is 1.20 bits per heavy atom. The Morgan fingerprint density at radius 3 is 2.47 bits per heavy atom. The van der Waals surface area contributed by atoms with Crippen LogP contribution in [0, 0.1) is 0 Å².